The Bertz CT molecular complexity index is 1350. The van der Waals surface area contributed by atoms with Crippen molar-refractivity contribution in [2.24, 2.45) is 0 Å². The number of nitrogens with one attached hydrogen (secondary N) is 1. The van der Waals surface area contributed by atoms with Crippen LogP contribution in [0.1, 0.15) is 26.2 Å². The van der Waals surface area contributed by atoms with Gasteiger partial charge in [0.05, 0.1) is 25.0 Å². The van der Waals surface area contributed by atoms with Crippen LogP contribution in [0.3, 0.4) is 0 Å². The molecule has 1 N–H and O–H groups in total. The lowest BCUT2D eigenvalue weighted by molar-refractivity contribution is 0.103. The number of nitrogens with zero attached hydrogens (tertiary/aromatic N) is 7. The summed E-state index contributed by atoms with van der Waals surface area (Å²) in [5.74, 6) is 0.171. The maximum atomic E-state index is 13.8. The van der Waals surface area contributed by atoms with Crippen molar-refractivity contribution in [2.45, 2.75) is 32.3 Å². The van der Waals surface area contributed by atoms with Crippen molar-refractivity contribution in [3.05, 3.63) is 54.9 Å². The van der Waals surface area contributed by atoms with Gasteiger partial charge in [-0.2, -0.15) is 0 Å². The van der Waals surface area contributed by atoms with Crippen LogP contribution in [0.25, 0.3) is 16.9 Å². The molecule has 186 valence electrons. The molecule has 4 aromatic heterocycles. The molecule has 5 heterocycles. The van der Waals surface area contributed by atoms with Gasteiger partial charge in [0.1, 0.15) is 6.10 Å². The Labute approximate surface area is 206 Å². The normalized spacial score (nSPS) is 15.3. The van der Waals surface area contributed by atoms with Crippen molar-refractivity contribution in [3.8, 4) is 17.1 Å². The van der Waals surface area contributed by atoms with Crippen molar-refractivity contribution >= 4 is 23.5 Å². The lowest BCUT2D eigenvalue weighted by Crippen LogP contribution is -2.31. The van der Waals surface area contributed by atoms with Crippen LogP contribution in [-0.2, 0) is 4.74 Å². The van der Waals surface area contributed by atoms with Crippen molar-refractivity contribution in [3.63, 3.8) is 0 Å². The van der Waals surface area contributed by atoms with E-state index in [-0.39, 0.29) is 24.0 Å². The Kier molecular flexibility index (Phi) is 6.83. The molecule has 0 radical (unpaired) electrons. The molecule has 0 spiro atoms. The number of aromatic nitrogens is 6. The molecule has 0 aliphatic carbocycles. The molecule has 0 saturated carbocycles. The summed E-state index contributed by atoms with van der Waals surface area (Å²) >= 11 is 0. The number of anilines is 2. The second kappa shape index (κ2) is 10.5. The number of carbonyl (C=O) groups is 1. The van der Waals surface area contributed by atoms with Crippen LogP contribution < -0.4 is 10.1 Å². The zero-order chi connectivity index (χ0) is 24.9. The summed E-state index contributed by atoms with van der Waals surface area (Å²) in [4.78, 5) is 30.7. The fraction of sp³-hybridized carbons (Fsp3) is 0.333. The number of amides is 1. The molecule has 1 fully saturated rings. The van der Waals surface area contributed by atoms with Crippen molar-refractivity contribution < 1.29 is 18.7 Å². The summed E-state index contributed by atoms with van der Waals surface area (Å²) in [5, 5.41) is 7.33. The van der Waals surface area contributed by atoms with Gasteiger partial charge in [0.15, 0.2) is 17.3 Å². The first kappa shape index (κ1) is 23.4. The number of pyridine rings is 1. The molecular weight excluding hydrogens is 467 g/mol. The van der Waals surface area contributed by atoms with Gasteiger partial charge in [-0.25, -0.2) is 33.6 Å². The summed E-state index contributed by atoms with van der Waals surface area (Å²) in [6, 6.07) is 6.36. The average Bonchev–Trinajstić information content (AvgIpc) is 3.53. The van der Waals surface area contributed by atoms with Gasteiger partial charge in [0.25, 0.3) is 0 Å². The van der Waals surface area contributed by atoms with E-state index in [0.29, 0.717) is 48.9 Å². The van der Waals surface area contributed by atoms with Gasteiger partial charge in [-0.15, -0.1) is 5.10 Å². The molecule has 1 aliphatic rings. The topological polar surface area (TPSA) is 120 Å². The number of rotatable bonds is 8. The highest BCUT2D eigenvalue weighted by molar-refractivity contribution is 5.68. The first-order chi connectivity index (χ1) is 17.6. The van der Waals surface area contributed by atoms with E-state index in [4.69, 9.17) is 9.47 Å². The molecule has 1 aliphatic heterocycles. The summed E-state index contributed by atoms with van der Waals surface area (Å²) < 4.78 is 26.8. The number of imidazole rings is 1. The zero-order valence-corrected chi connectivity index (χ0v) is 19.7. The minimum Gasteiger partial charge on any atom is -0.471 e. The highest BCUT2D eigenvalue weighted by Gasteiger charge is 2.29. The Morgan fingerprint density at radius 1 is 1.17 bits per heavy atom. The van der Waals surface area contributed by atoms with Crippen LogP contribution in [0, 0.1) is 5.82 Å². The van der Waals surface area contributed by atoms with Crippen LogP contribution in [0.15, 0.2) is 49.1 Å². The molecule has 1 saturated heterocycles. The Balaban J connectivity index is 1.26. The maximum absolute atomic E-state index is 13.8. The number of halogens is 1. The van der Waals surface area contributed by atoms with Gasteiger partial charge in [-0.3, -0.25) is 0 Å². The summed E-state index contributed by atoms with van der Waals surface area (Å²) in [7, 11) is 0. The third-order valence-electron chi connectivity index (χ3n) is 5.69. The van der Waals surface area contributed by atoms with Gasteiger partial charge in [-0.05, 0) is 24.6 Å². The lowest BCUT2D eigenvalue weighted by atomic mass is 10.3. The number of unbranched alkanes of at least 4 members (excludes halogenated alkanes) is 1. The number of likely N-dealkylation sites (tertiary alicyclic amines) is 1. The van der Waals surface area contributed by atoms with E-state index in [1.54, 1.807) is 40.1 Å². The summed E-state index contributed by atoms with van der Waals surface area (Å²) in [6.07, 6.45) is 8.36. The quantitative estimate of drug-likeness (QED) is 0.366. The second-order valence-corrected chi connectivity index (χ2v) is 8.28. The second-order valence-electron chi connectivity index (χ2n) is 8.28. The Morgan fingerprint density at radius 3 is 2.83 bits per heavy atom. The van der Waals surface area contributed by atoms with E-state index in [0.717, 1.165) is 12.8 Å². The third-order valence-corrected chi connectivity index (χ3v) is 5.69. The molecule has 0 bridgehead atoms. The number of ether oxygens (including phenoxy) is 2. The van der Waals surface area contributed by atoms with E-state index in [1.807, 2.05) is 6.92 Å². The first-order valence-corrected chi connectivity index (χ1v) is 11.7. The minimum absolute atomic E-state index is 0.0446. The van der Waals surface area contributed by atoms with E-state index in [1.165, 1.54) is 18.3 Å². The Morgan fingerprint density at radius 2 is 2.03 bits per heavy atom. The first-order valence-electron chi connectivity index (χ1n) is 11.7. The largest absolute Gasteiger partial charge is 0.471 e. The third kappa shape index (κ3) is 5.16. The van der Waals surface area contributed by atoms with Gasteiger partial charge in [0.2, 0.25) is 11.8 Å². The number of hydrogen-bond donors (Lipinski definition) is 1. The Hall–Kier alpha value is -4.35. The van der Waals surface area contributed by atoms with Gasteiger partial charge in [0, 0.05) is 43.2 Å². The highest BCUT2D eigenvalue weighted by Crippen LogP contribution is 2.23. The van der Waals surface area contributed by atoms with E-state index >= 15 is 0 Å². The predicted molar refractivity (Wildman–Crippen MR) is 128 cm³/mol. The van der Waals surface area contributed by atoms with Crippen molar-refractivity contribution in [2.75, 3.05) is 25.0 Å². The van der Waals surface area contributed by atoms with E-state index in [2.05, 4.69) is 30.4 Å². The van der Waals surface area contributed by atoms with Crippen LogP contribution in [0.5, 0.6) is 5.88 Å². The molecule has 36 heavy (non-hydrogen) atoms. The number of hydrogen-bond acceptors (Lipinski definition) is 9. The van der Waals surface area contributed by atoms with E-state index in [9.17, 15) is 9.18 Å². The number of carbonyl (C=O) groups excluding carboxylic acids is 1. The molecule has 11 nitrogen and oxygen atoms in total. The smallest absolute Gasteiger partial charge is 0.409 e. The molecule has 0 aromatic carbocycles. The molecule has 5 rings (SSSR count). The molecule has 12 heteroatoms. The maximum Gasteiger partial charge on any atom is 0.409 e. The highest BCUT2D eigenvalue weighted by atomic mass is 19.1. The van der Waals surface area contributed by atoms with Crippen LogP contribution in [0.4, 0.5) is 21.0 Å². The predicted octanol–water partition coefficient (Wildman–Crippen LogP) is 3.85. The fourth-order valence-electron chi connectivity index (χ4n) is 3.78. The lowest BCUT2D eigenvalue weighted by Gasteiger charge is -2.16. The van der Waals surface area contributed by atoms with Crippen LogP contribution in [0.2, 0.25) is 0 Å². The fourth-order valence-corrected chi connectivity index (χ4v) is 3.78. The van der Waals surface area contributed by atoms with E-state index < -0.39 is 5.82 Å². The molecule has 1 unspecified atom stereocenters. The van der Waals surface area contributed by atoms with Gasteiger partial charge in [-0.1, -0.05) is 13.3 Å². The molecular formula is C24H25FN8O3. The molecule has 4 aromatic rings. The summed E-state index contributed by atoms with van der Waals surface area (Å²) in [5.41, 5.74) is 1.96. The van der Waals surface area contributed by atoms with Crippen LogP contribution >= 0.6 is 0 Å². The standard InChI is InChI=1S/C24H25FN8O3/c1-2-3-11-35-24(34)32-10-8-17(15-32)36-21-7-6-20-27-14-19(33(20)31-21)16-12-28-23(29-13-16)30-22-18(25)5-4-9-26-22/h4-7,9,12-14,17H,2-3,8,10-11,15H2,1H3,(H,26,28,29,30). The molecule has 1 atom stereocenters. The van der Waals surface area contributed by atoms with Crippen LogP contribution in [-0.4, -0.2) is 66.3 Å². The monoisotopic (exact) mass is 492 g/mol. The summed E-state index contributed by atoms with van der Waals surface area (Å²) in [6.45, 7) is 3.50. The van der Waals surface area contributed by atoms with Crippen molar-refractivity contribution in [1.29, 1.82) is 0 Å². The van der Waals surface area contributed by atoms with Gasteiger partial charge >= 0.3 is 6.09 Å². The average molecular weight is 493 g/mol. The van der Waals surface area contributed by atoms with Gasteiger partial charge < -0.3 is 19.7 Å². The number of fused-ring (bicyclic) bond motifs is 1. The minimum atomic E-state index is -0.498. The SMILES string of the molecule is CCCCOC(=O)N1CCC(Oc2ccc3ncc(-c4cnc(Nc5ncccc5F)nc4)n3n2)C1. The zero-order valence-electron chi connectivity index (χ0n) is 19.7. The molecule has 1 amide bonds. The van der Waals surface area contributed by atoms with Crippen molar-refractivity contribution in [1.82, 2.24) is 34.4 Å².